The number of hydrogen-bond donors (Lipinski definition) is 1. The minimum Gasteiger partial charge on any atom is -0.360 e. The van der Waals surface area contributed by atoms with Gasteiger partial charge in [0.1, 0.15) is 6.17 Å². The van der Waals surface area contributed by atoms with Gasteiger partial charge in [-0.05, 0) is 18.9 Å². The highest BCUT2D eigenvalue weighted by molar-refractivity contribution is 5.78. The first-order valence-corrected chi connectivity index (χ1v) is 8.04. The number of hydrogen-bond acceptors (Lipinski definition) is 5. The number of aromatic nitrogens is 3. The number of amides is 1. The van der Waals surface area contributed by atoms with Crippen LogP contribution in [0.2, 0.25) is 0 Å². The van der Waals surface area contributed by atoms with Crippen molar-refractivity contribution in [3.8, 4) is 0 Å². The Bertz CT molecular complexity index is 698. The van der Waals surface area contributed by atoms with Crippen LogP contribution in [0.15, 0.2) is 23.0 Å². The van der Waals surface area contributed by atoms with Gasteiger partial charge >= 0.3 is 0 Å². The number of likely N-dealkylation sites (tertiary alicyclic amines) is 1. The van der Waals surface area contributed by atoms with E-state index in [0.29, 0.717) is 31.8 Å². The van der Waals surface area contributed by atoms with E-state index >= 15 is 0 Å². The van der Waals surface area contributed by atoms with E-state index in [9.17, 15) is 9.18 Å². The number of halogens is 1. The van der Waals surface area contributed by atoms with Crippen molar-refractivity contribution < 1.29 is 13.7 Å². The van der Waals surface area contributed by atoms with Crippen molar-refractivity contribution in [2.75, 3.05) is 13.1 Å². The predicted octanol–water partition coefficient (Wildman–Crippen LogP) is 0.988. The zero-order valence-corrected chi connectivity index (χ0v) is 13.9. The molecule has 7 nitrogen and oxygen atoms in total. The summed E-state index contributed by atoms with van der Waals surface area (Å²) in [6.45, 7) is 3.13. The quantitative estimate of drug-likeness (QED) is 0.852. The highest BCUT2D eigenvalue weighted by Crippen LogP contribution is 2.22. The highest BCUT2D eigenvalue weighted by atomic mass is 19.1. The lowest BCUT2D eigenvalue weighted by atomic mass is 10.2. The summed E-state index contributed by atoms with van der Waals surface area (Å²) in [6.07, 6.45) is 3.30. The molecule has 0 aromatic carbocycles. The van der Waals surface area contributed by atoms with E-state index in [1.54, 1.807) is 10.9 Å². The van der Waals surface area contributed by atoms with Gasteiger partial charge in [0.15, 0.2) is 5.76 Å². The number of rotatable bonds is 6. The lowest BCUT2D eigenvalue weighted by Gasteiger charge is -2.22. The van der Waals surface area contributed by atoms with Gasteiger partial charge in [0.05, 0.1) is 24.9 Å². The van der Waals surface area contributed by atoms with Crippen LogP contribution in [-0.2, 0) is 24.8 Å². The summed E-state index contributed by atoms with van der Waals surface area (Å²) in [5, 5.41) is 10.8. The molecule has 2 aromatic rings. The van der Waals surface area contributed by atoms with Crippen LogP contribution in [0.5, 0.6) is 0 Å². The first-order chi connectivity index (χ1) is 11.5. The normalized spacial score (nSPS) is 21.3. The smallest absolute Gasteiger partial charge is 0.224 e. The maximum Gasteiger partial charge on any atom is 0.224 e. The van der Waals surface area contributed by atoms with Crippen LogP contribution in [0.1, 0.15) is 23.4 Å². The van der Waals surface area contributed by atoms with E-state index in [4.69, 9.17) is 4.52 Å². The number of nitrogens with zero attached hydrogens (tertiary/aromatic N) is 4. The molecule has 1 aliphatic heterocycles. The van der Waals surface area contributed by atoms with Gasteiger partial charge in [-0.3, -0.25) is 14.4 Å². The van der Waals surface area contributed by atoms with Crippen molar-refractivity contribution in [1.29, 1.82) is 0 Å². The van der Waals surface area contributed by atoms with E-state index in [1.807, 2.05) is 31.1 Å². The van der Waals surface area contributed by atoms with Crippen LogP contribution < -0.4 is 5.32 Å². The second-order valence-electron chi connectivity index (χ2n) is 6.35. The molecule has 24 heavy (non-hydrogen) atoms. The number of alkyl halides is 1. The summed E-state index contributed by atoms with van der Waals surface area (Å²) in [4.78, 5) is 14.0. The highest BCUT2D eigenvalue weighted by Gasteiger charge is 2.32. The molecule has 0 unspecified atom stereocenters. The summed E-state index contributed by atoms with van der Waals surface area (Å²) < 4.78 is 20.7. The van der Waals surface area contributed by atoms with Gasteiger partial charge in [-0.15, -0.1) is 0 Å². The summed E-state index contributed by atoms with van der Waals surface area (Å²) >= 11 is 0. The molecule has 1 N–H and O–H groups in total. The summed E-state index contributed by atoms with van der Waals surface area (Å²) in [7, 11) is 1.81. The molecule has 1 fully saturated rings. The fraction of sp³-hybridized carbons (Fsp3) is 0.562. The molecule has 0 bridgehead atoms. The molecule has 2 aromatic heterocycles. The summed E-state index contributed by atoms with van der Waals surface area (Å²) in [5.74, 6) is 0.633. The molecule has 130 valence electrons. The van der Waals surface area contributed by atoms with Gasteiger partial charge in [0.25, 0.3) is 0 Å². The van der Waals surface area contributed by atoms with E-state index in [2.05, 4.69) is 15.6 Å². The summed E-state index contributed by atoms with van der Waals surface area (Å²) in [6, 6.07) is 1.81. The average molecular weight is 335 g/mol. The Hall–Kier alpha value is -2.22. The monoisotopic (exact) mass is 335 g/mol. The Morgan fingerprint density at radius 1 is 1.54 bits per heavy atom. The molecular formula is C16H22FN5O2. The number of carbonyl (C=O) groups excluding carboxylic acids is 1. The zero-order chi connectivity index (χ0) is 17.1. The molecule has 1 amide bonds. The second-order valence-corrected chi connectivity index (χ2v) is 6.35. The maximum absolute atomic E-state index is 13.8. The van der Waals surface area contributed by atoms with Crippen molar-refractivity contribution >= 4 is 5.91 Å². The molecule has 2 atom stereocenters. The molecule has 0 radical (unpaired) electrons. The fourth-order valence-electron chi connectivity index (χ4n) is 3.06. The molecule has 0 spiro atoms. The van der Waals surface area contributed by atoms with Crippen molar-refractivity contribution in [3.05, 3.63) is 35.5 Å². The van der Waals surface area contributed by atoms with Gasteiger partial charge < -0.3 is 9.84 Å². The Morgan fingerprint density at radius 2 is 2.38 bits per heavy atom. The van der Waals surface area contributed by atoms with Crippen molar-refractivity contribution in [2.45, 2.75) is 38.5 Å². The maximum atomic E-state index is 13.8. The van der Waals surface area contributed by atoms with Gasteiger partial charge in [-0.1, -0.05) is 5.16 Å². The lowest BCUT2D eigenvalue weighted by Crippen LogP contribution is -2.40. The molecule has 8 heteroatoms. The van der Waals surface area contributed by atoms with Gasteiger partial charge in [-0.2, -0.15) is 5.10 Å². The summed E-state index contributed by atoms with van der Waals surface area (Å²) in [5.41, 5.74) is 1.67. The van der Waals surface area contributed by atoms with E-state index in [-0.39, 0.29) is 18.4 Å². The van der Waals surface area contributed by atoms with Crippen LogP contribution in [0.25, 0.3) is 0 Å². The van der Waals surface area contributed by atoms with Crippen molar-refractivity contribution in [2.24, 2.45) is 7.05 Å². The first-order valence-electron chi connectivity index (χ1n) is 8.04. The molecule has 0 saturated carbocycles. The topological polar surface area (TPSA) is 76.2 Å². The molecule has 3 heterocycles. The Labute approximate surface area is 139 Å². The Kier molecular flexibility index (Phi) is 4.94. The van der Waals surface area contributed by atoms with Crippen LogP contribution in [0.4, 0.5) is 4.39 Å². The standard InChI is InChI=1S/C16H22FN5O2/c1-11-3-15(24-20-11)10-22-9-13(17)5-14(22)7-18-16(23)4-12-6-19-21(2)8-12/h3,6,8,13-14H,4-5,7,9-10H2,1-2H3,(H,18,23)/t13-,14-/m0/s1. The largest absolute Gasteiger partial charge is 0.360 e. The van der Waals surface area contributed by atoms with Crippen LogP contribution >= 0.6 is 0 Å². The zero-order valence-electron chi connectivity index (χ0n) is 13.9. The third-order valence-electron chi connectivity index (χ3n) is 4.17. The van der Waals surface area contributed by atoms with Crippen molar-refractivity contribution in [3.63, 3.8) is 0 Å². The SMILES string of the molecule is Cc1cc(CN2C[C@@H](F)C[C@H]2CNC(=O)Cc2cnn(C)c2)on1. The molecule has 3 rings (SSSR count). The third kappa shape index (κ3) is 4.19. The van der Waals surface area contributed by atoms with E-state index in [0.717, 1.165) is 11.3 Å². The van der Waals surface area contributed by atoms with E-state index < -0.39 is 6.17 Å². The number of nitrogens with one attached hydrogen (secondary N) is 1. The second kappa shape index (κ2) is 7.12. The Morgan fingerprint density at radius 3 is 3.04 bits per heavy atom. The molecule has 1 aliphatic rings. The predicted molar refractivity (Wildman–Crippen MR) is 84.9 cm³/mol. The molecule has 0 aliphatic carbocycles. The Balaban J connectivity index is 1.51. The lowest BCUT2D eigenvalue weighted by molar-refractivity contribution is -0.120. The van der Waals surface area contributed by atoms with Gasteiger partial charge in [0.2, 0.25) is 5.91 Å². The first kappa shape index (κ1) is 16.6. The van der Waals surface area contributed by atoms with Crippen molar-refractivity contribution in [1.82, 2.24) is 25.2 Å². The minimum atomic E-state index is -0.880. The van der Waals surface area contributed by atoms with Gasteiger partial charge in [-0.25, -0.2) is 4.39 Å². The van der Waals surface area contributed by atoms with E-state index in [1.165, 1.54) is 0 Å². The van der Waals surface area contributed by atoms with Crippen LogP contribution in [0.3, 0.4) is 0 Å². The minimum absolute atomic E-state index is 0.0387. The number of aryl methyl sites for hydroxylation is 2. The average Bonchev–Trinajstić information content (AvgIpc) is 3.20. The van der Waals surface area contributed by atoms with Gasteiger partial charge in [0, 0.05) is 38.4 Å². The molecule has 1 saturated heterocycles. The fourth-order valence-corrected chi connectivity index (χ4v) is 3.06. The van der Waals surface area contributed by atoms with Crippen LogP contribution in [0, 0.1) is 6.92 Å². The van der Waals surface area contributed by atoms with Crippen LogP contribution in [-0.4, -0.2) is 51.0 Å². The number of carbonyl (C=O) groups is 1. The molecular weight excluding hydrogens is 313 g/mol. The third-order valence-corrected chi connectivity index (χ3v) is 4.17.